The van der Waals surface area contributed by atoms with Gasteiger partial charge in [0.1, 0.15) is 0 Å². The van der Waals surface area contributed by atoms with E-state index in [9.17, 15) is 4.79 Å². The summed E-state index contributed by atoms with van der Waals surface area (Å²) in [5.41, 5.74) is 8.27. The lowest BCUT2D eigenvalue weighted by molar-refractivity contribution is -0.161. The fourth-order valence-corrected chi connectivity index (χ4v) is 4.53. The molecule has 2 saturated heterocycles. The minimum atomic E-state index is -0.234. The zero-order valence-corrected chi connectivity index (χ0v) is 18.3. The summed E-state index contributed by atoms with van der Waals surface area (Å²) in [6.07, 6.45) is 4.58. The number of hydrogen-bond acceptors (Lipinski definition) is 5. The number of amides is 1. The number of carbonyl (C=O) groups is 1. The Labute approximate surface area is 184 Å². The minimum absolute atomic E-state index is 0. The van der Waals surface area contributed by atoms with Gasteiger partial charge in [-0.3, -0.25) is 9.78 Å². The Bertz CT molecular complexity index is 840. The number of nitrogens with zero attached hydrogens (tertiary/aromatic N) is 3. The second-order valence-electron chi connectivity index (χ2n) is 8.29. The van der Waals surface area contributed by atoms with Gasteiger partial charge in [-0.1, -0.05) is 18.2 Å². The summed E-state index contributed by atoms with van der Waals surface area (Å²) in [7, 11) is 0. The van der Waals surface area contributed by atoms with Gasteiger partial charge in [0.05, 0.1) is 29.6 Å². The predicted molar refractivity (Wildman–Crippen MR) is 121 cm³/mol. The van der Waals surface area contributed by atoms with Crippen molar-refractivity contribution in [2.45, 2.75) is 37.9 Å². The first-order valence-corrected chi connectivity index (χ1v) is 10.5. The van der Waals surface area contributed by atoms with Crippen molar-refractivity contribution in [1.82, 2.24) is 14.8 Å². The number of nitrogen functional groups attached to an aromatic ring is 1. The summed E-state index contributed by atoms with van der Waals surface area (Å²) < 4.78 is 6.41. The van der Waals surface area contributed by atoms with Gasteiger partial charge >= 0.3 is 0 Å². The second-order valence-corrected chi connectivity index (χ2v) is 8.29. The van der Waals surface area contributed by atoms with Gasteiger partial charge in [-0.25, -0.2) is 0 Å². The lowest BCUT2D eigenvalue weighted by atomic mass is 9.88. The molecule has 0 saturated carbocycles. The number of benzene rings is 1. The van der Waals surface area contributed by atoms with Crippen molar-refractivity contribution in [3.63, 3.8) is 0 Å². The van der Waals surface area contributed by atoms with E-state index in [1.165, 1.54) is 0 Å². The van der Waals surface area contributed by atoms with Gasteiger partial charge in [0, 0.05) is 44.4 Å². The van der Waals surface area contributed by atoms with Gasteiger partial charge in [-0.05, 0) is 44.0 Å². The molecule has 2 aliphatic rings. The van der Waals surface area contributed by atoms with Crippen LogP contribution in [-0.4, -0.2) is 65.1 Å². The van der Waals surface area contributed by atoms with Crippen LogP contribution in [0.2, 0.25) is 0 Å². The van der Waals surface area contributed by atoms with E-state index in [0.717, 1.165) is 55.8 Å². The normalized spacial score (nSPS) is 21.2. The summed E-state index contributed by atoms with van der Waals surface area (Å²) in [5.74, 6) is 0.105. The Balaban J connectivity index is 0.00000256. The van der Waals surface area contributed by atoms with Crippen molar-refractivity contribution in [1.29, 1.82) is 0 Å². The van der Waals surface area contributed by atoms with Crippen LogP contribution in [0.3, 0.4) is 0 Å². The fourth-order valence-electron chi connectivity index (χ4n) is 4.53. The molecule has 1 aromatic carbocycles. The zero-order chi connectivity index (χ0) is 20.3. The highest BCUT2D eigenvalue weighted by molar-refractivity contribution is 5.94. The number of ether oxygens (including phenoxy) is 1. The summed E-state index contributed by atoms with van der Waals surface area (Å²) in [6.45, 7) is 6.27. The van der Waals surface area contributed by atoms with Crippen LogP contribution in [-0.2, 0) is 11.2 Å². The SMILES string of the molecule is CC1CN(C(=O)c2ccccc2)CC2(CCN(CCc3ncccc3N)CC2)O1.Cl. The lowest BCUT2D eigenvalue weighted by Crippen LogP contribution is -2.60. The average molecular weight is 431 g/mol. The number of hydrogen-bond donors (Lipinski definition) is 1. The van der Waals surface area contributed by atoms with Crippen molar-refractivity contribution in [2.75, 3.05) is 38.5 Å². The highest BCUT2D eigenvalue weighted by Gasteiger charge is 2.43. The molecule has 2 aromatic rings. The van der Waals surface area contributed by atoms with Crippen LogP contribution in [0.1, 0.15) is 35.8 Å². The Kier molecular flexibility index (Phi) is 7.34. The number of anilines is 1. The summed E-state index contributed by atoms with van der Waals surface area (Å²) in [4.78, 5) is 21.8. The van der Waals surface area contributed by atoms with Crippen molar-refractivity contribution >= 4 is 24.0 Å². The smallest absolute Gasteiger partial charge is 0.254 e. The fraction of sp³-hybridized carbons (Fsp3) is 0.478. The number of nitrogens with two attached hydrogens (primary N) is 1. The molecule has 30 heavy (non-hydrogen) atoms. The van der Waals surface area contributed by atoms with E-state index in [4.69, 9.17) is 10.5 Å². The van der Waals surface area contributed by atoms with Crippen molar-refractivity contribution in [3.8, 4) is 0 Å². The molecule has 1 spiro atoms. The first-order chi connectivity index (χ1) is 14.0. The molecule has 1 aromatic heterocycles. The number of carbonyl (C=O) groups excluding carboxylic acids is 1. The number of morpholine rings is 1. The maximum atomic E-state index is 13.0. The van der Waals surface area contributed by atoms with E-state index in [0.29, 0.717) is 13.1 Å². The molecular formula is C23H31ClN4O2. The number of aromatic nitrogens is 1. The van der Waals surface area contributed by atoms with Crippen molar-refractivity contribution in [2.24, 2.45) is 0 Å². The third-order valence-corrected chi connectivity index (χ3v) is 6.07. The van der Waals surface area contributed by atoms with Crippen LogP contribution in [0.4, 0.5) is 5.69 Å². The topological polar surface area (TPSA) is 71.7 Å². The van der Waals surface area contributed by atoms with E-state index in [-0.39, 0.29) is 30.0 Å². The first-order valence-electron chi connectivity index (χ1n) is 10.5. The van der Waals surface area contributed by atoms with Crippen LogP contribution in [0.25, 0.3) is 0 Å². The molecule has 1 unspecified atom stereocenters. The highest BCUT2D eigenvalue weighted by Crippen LogP contribution is 2.33. The van der Waals surface area contributed by atoms with Crippen LogP contribution in [0.15, 0.2) is 48.7 Å². The quantitative estimate of drug-likeness (QED) is 0.807. The summed E-state index contributed by atoms with van der Waals surface area (Å²) >= 11 is 0. The third kappa shape index (κ3) is 5.12. The molecule has 0 aliphatic carbocycles. The van der Waals surface area contributed by atoms with Crippen LogP contribution in [0, 0.1) is 0 Å². The molecule has 1 amide bonds. The molecule has 1 atom stereocenters. The van der Waals surface area contributed by atoms with Crippen LogP contribution >= 0.6 is 12.4 Å². The number of pyridine rings is 1. The third-order valence-electron chi connectivity index (χ3n) is 6.07. The van der Waals surface area contributed by atoms with Crippen LogP contribution in [0.5, 0.6) is 0 Å². The molecule has 0 radical (unpaired) electrons. The minimum Gasteiger partial charge on any atom is -0.397 e. The Morgan fingerprint density at radius 2 is 1.93 bits per heavy atom. The van der Waals surface area contributed by atoms with Crippen molar-refractivity contribution < 1.29 is 9.53 Å². The summed E-state index contributed by atoms with van der Waals surface area (Å²) in [6, 6.07) is 13.3. The van der Waals surface area contributed by atoms with E-state index < -0.39 is 0 Å². The van der Waals surface area contributed by atoms with Gasteiger partial charge in [-0.15, -0.1) is 12.4 Å². The average Bonchev–Trinajstić information content (AvgIpc) is 2.74. The maximum absolute atomic E-state index is 13.0. The highest BCUT2D eigenvalue weighted by atomic mass is 35.5. The zero-order valence-electron chi connectivity index (χ0n) is 17.5. The van der Waals surface area contributed by atoms with E-state index in [1.807, 2.05) is 47.4 Å². The molecule has 2 aliphatic heterocycles. The molecule has 2 N–H and O–H groups in total. The molecule has 0 bridgehead atoms. The Morgan fingerprint density at radius 1 is 1.20 bits per heavy atom. The summed E-state index contributed by atoms with van der Waals surface area (Å²) in [5, 5.41) is 0. The van der Waals surface area contributed by atoms with Gasteiger partial charge in [0.15, 0.2) is 0 Å². The lowest BCUT2D eigenvalue weighted by Gasteiger charge is -2.49. The largest absolute Gasteiger partial charge is 0.397 e. The molecule has 162 valence electrons. The second kappa shape index (κ2) is 9.77. The van der Waals surface area contributed by atoms with Crippen molar-refractivity contribution in [3.05, 3.63) is 59.9 Å². The van der Waals surface area contributed by atoms with E-state index in [1.54, 1.807) is 6.20 Å². The Hall–Kier alpha value is -2.15. The predicted octanol–water partition coefficient (Wildman–Crippen LogP) is 3.02. The van der Waals surface area contributed by atoms with E-state index >= 15 is 0 Å². The number of piperidine rings is 1. The van der Waals surface area contributed by atoms with Crippen LogP contribution < -0.4 is 5.73 Å². The molecular weight excluding hydrogens is 400 g/mol. The molecule has 4 rings (SSSR count). The maximum Gasteiger partial charge on any atom is 0.254 e. The molecule has 3 heterocycles. The monoisotopic (exact) mass is 430 g/mol. The Morgan fingerprint density at radius 3 is 2.63 bits per heavy atom. The van der Waals surface area contributed by atoms with Gasteiger partial charge in [0.25, 0.3) is 5.91 Å². The van der Waals surface area contributed by atoms with Gasteiger partial charge in [-0.2, -0.15) is 0 Å². The number of likely N-dealkylation sites (tertiary alicyclic amines) is 1. The molecule has 6 nitrogen and oxygen atoms in total. The standard InChI is InChI=1S/C23H30N4O2.ClH/c1-18-16-27(22(28)19-6-3-2-4-7-19)17-23(29-18)10-14-26(15-11-23)13-9-21-20(24)8-5-12-25-21;/h2-8,12,18H,9-11,13-17,24H2,1H3;1H. The molecule has 7 heteroatoms. The molecule has 2 fully saturated rings. The number of rotatable bonds is 4. The first kappa shape index (κ1) is 22.5. The van der Waals surface area contributed by atoms with E-state index in [2.05, 4.69) is 16.8 Å². The van der Waals surface area contributed by atoms with Gasteiger partial charge in [0.2, 0.25) is 0 Å². The number of halogens is 1. The van der Waals surface area contributed by atoms with Gasteiger partial charge < -0.3 is 20.3 Å².